The first-order valence-electron chi connectivity index (χ1n) is 9.05. The first-order valence-corrected chi connectivity index (χ1v) is 9.05. The number of nitrogens with one attached hydrogen (secondary N) is 1. The number of benzene rings is 2. The fourth-order valence-electron chi connectivity index (χ4n) is 3.31. The summed E-state index contributed by atoms with van der Waals surface area (Å²) in [4.78, 5) is 27.3. The molecule has 0 saturated carbocycles. The largest absolute Gasteiger partial charge is 0.497 e. The van der Waals surface area contributed by atoms with Crippen molar-refractivity contribution in [2.24, 2.45) is 0 Å². The van der Waals surface area contributed by atoms with E-state index in [2.05, 4.69) is 5.32 Å². The molecule has 2 aromatic carbocycles. The second-order valence-corrected chi connectivity index (χ2v) is 6.69. The maximum Gasteiger partial charge on any atom is 0.278 e. The molecule has 0 fully saturated rings. The highest BCUT2D eigenvalue weighted by Crippen LogP contribution is 2.33. The Balaban J connectivity index is 2.11. The van der Waals surface area contributed by atoms with Crippen molar-refractivity contribution in [1.29, 1.82) is 0 Å². The number of imide groups is 1. The number of ether oxygens (including phenoxy) is 1. The summed E-state index contributed by atoms with van der Waals surface area (Å²) in [6.45, 7) is 6.31. The molecule has 0 saturated heterocycles. The lowest BCUT2D eigenvalue weighted by Gasteiger charge is -2.14. The average molecular weight is 364 g/mol. The Labute approximate surface area is 159 Å². The maximum absolute atomic E-state index is 13.0. The number of amides is 2. The molecule has 27 heavy (non-hydrogen) atoms. The zero-order chi connectivity index (χ0) is 19.6. The number of aryl methyl sites for hydroxylation is 2. The fourth-order valence-corrected chi connectivity index (χ4v) is 3.31. The zero-order valence-corrected chi connectivity index (χ0v) is 16.1. The van der Waals surface area contributed by atoms with Crippen LogP contribution in [0, 0.1) is 13.8 Å². The maximum atomic E-state index is 13.0. The first kappa shape index (κ1) is 18.7. The van der Waals surface area contributed by atoms with Crippen LogP contribution in [0.2, 0.25) is 0 Å². The summed E-state index contributed by atoms with van der Waals surface area (Å²) < 4.78 is 5.25. The van der Waals surface area contributed by atoms with Crippen molar-refractivity contribution in [3.05, 3.63) is 64.9 Å². The summed E-state index contributed by atoms with van der Waals surface area (Å²) in [6.07, 6.45) is 0.712. The topological polar surface area (TPSA) is 58.6 Å². The Bertz CT molecular complexity index is 931. The van der Waals surface area contributed by atoms with Crippen LogP contribution >= 0.6 is 0 Å². The molecule has 1 aliphatic rings. The number of nitrogens with zero attached hydrogens (tertiary/aromatic N) is 1. The van der Waals surface area contributed by atoms with Crippen LogP contribution in [-0.4, -0.2) is 30.4 Å². The number of anilines is 1. The summed E-state index contributed by atoms with van der Waals surface area (Å²) in [7, 11) is 1.59. The number of methoxy groups -OCH3 is 1. The van der Waals surface area contributed by atoms with Gasteiger partial charge in [0, 0.05) is 18.3 Å². The Morgan fingerprint density at radius 2 is 1.81 bits per heavy atom. The Morgan fingerprint density at radius 1 is 1.04 bits per heavy atom. The third-order valence-corrected chi connectivity index (χ3v) is 4.61. The molecule has 1 aliphatic heterocycles. The van der Waals surface area contributed by atoms with Gasteiger partial charge in [-0.3, -0.25) is 14.5 Å². The van der Waals surface area contributed by atoms with Gasteiger partial charge in [-0.05, 0) is 43.5 Å². The van der Waals surface area contributed by atoms with Crippen LogP contribution in [-0.2, 0) is 9.59 Å². The van der Waals surface area contributed by atoms with Gasteiger partial charge in [-0.25, -0.2) is 0 Å². The van der Waals surface area contributed by atoms with Crippen molar-refractivity contribution >= 4 is 23.1 Å². The number of hydrogen-bond acceptors (Lipinski definition) is 4. The monoisotopic (exact) mass is 364 g/mol. The predicted molar refractivity (Wildman–Crippen MR) is 106 cm³/mol. The van der Waals surface area contributed by atoms with Crippen LogP contribution in [0.15, 0.2) is 48.2 Å². The molecule has 5 heteroatoms. The summed E-state index contributed by atoms with van der Waals surface area (Å²) in [5.41, 5.74) is 4.30. The molecule has 0 atom stereocenters. The van der Waals surface area contributed by atoms with Crippen molar-refractivity contribution in [2.75, 3.05) is 19.0 Å². The molecule has 1 heterocycles. The molecule has 0 bridgehead atoms. The summed E-state index contributed by atoms with van der Waals surface area (Å²) in [6, 6.07) is 13.2. The van der Waals surface area contributed by atoms with Gasteiger partial charge in [0.2, 0.25) is 0 Å². The van der Waals surface area contributed by atoms with Crippen LogP contribution in [0.25, 0.3) is 5.57 Å². The quantitative estimate of drug-likeness (QED) is 0.790. The van der Waals surface area contributed by atoms with Crippen LogP contribution in [0.5, 0.6) is 5.75 Å². The number of hydrogen-bond donors (Lipinski definition) is 1. The van der Waals surface area contributed by atoms with E-state index in [4.69, 9.17) is 4.74 Å². The standard InChI is InChI=1S/C22H24N2O3/c1-5-11-24-21(25)19(18-10-9-14(2)12-15(18)3)20(22(24)26)23-16-7-6-8-17(13-16)27-4/h6-10,12-13,23H,5,11H2,1-4H3. The Hall–Kier alpha value is -3.08. The molecule has 0 aliphatic carbocycles. The normalized spacial score (nSPS) is 14.1. The molecule has 3 rings (SSSR count). The summed E-state index contributed by atoms with van der Waals surface area (Å²) in [5.74, 6) is 0.134. The van der Waals surface area contributed by atoms with Gasteiger partial charge in [-0.15, -0.1) is 0 Å². The van der Waals surface area contributed by atoms with E-state index in [-0.39, 0.29) is 11.8 Å². The molecular weight excluding hydrogens is 340 g/mol. The van der Waals surface area contributed by atoms with Crippen LogP contribution < -0.4 is 10.1 Å². The molecule has 1 N–H and O–H groups in total. The molecule has 2 aromatic rings. The molecule has 2 amide bonds. The van der Waals surface area contributed by atoms with Gasteiger partial charge in [-0.2, -0.15) is 0 Å². The minimum Gasteiger partial charge on any atom is -0.497 e. The van der Waals surface area contributed by atoms with Crippen LogP contribution in [0.3, 0.4) is 0 Å². The molecule has 0 unspecified atom stereocenters. The number of carbonyl (C=O) groups is 2. The first-order chi connectivity index (χ1) is 13.0. The van der Waals surface area contributed by atoms with Crippen molar-refractivity contribution in [3.63, 3.8) is 0 Å². The van der Waals surface area contributed by atoms with Crippen molar-refractivity contribution in [3.8, 4) is 5.75 Å². The molecule has 0 spiro atoms. The summed E-state index contributed by atoms with van der Waals surface area (Å²) in [5, 5.41) is 3.16. The molecule has 0 aromatic heterocycles. The third-order valence-electron chi connectivity index (χ3n) is 4.61. The van der Waals surface area contributed by atoms with Gasteiger partial charge in [0.1, 0.15) is 11.4 Å². The number of rotatable bonds is 6. The van der Waals surface area contributed by atoms with Gasteiger partial charge < -0.3 is 10.1 Å². The van der Waals surface area contributed by atoms with E-state index in [0.717, 1.165) is 16.7 Å². The van der Waals surface area contributed by atoms with Crippen molar-refractivity contribution in [2.45, 2.75) is 27.2 Å². The van der Waals surface area contributed by atoms with E-state index in [1.54, 1.807) is 13.2 Å². The van der Waals surface area contributed by atoms with E-state index in [0.29, 0.717) is 35.7 Å². The molecular formula is C22H24N2O3. The molecule has 0 radical (unpaired) electrons. The predicted octanol–water partition coefficient (Wildman–Crippen LogP) is 3.91. The van der Waals surface area contributed by atoms with E-state index in [9.17, 15) is 9.59 Å². The minimum atomic E-state index is -0.292. The Kier molecular flexibility index (Phi) is 5.31. The molecule has 5 nitrogen and oxygen atoms in total. The fraction of sp³-hybridized carbons (Fsp3) is 0.273. The highest BCUT2D eigenvalue weighted by molar-refractivity contribution is 6.36. The van der Waals surface area contributed by atoms with Crippen molar-refractivity contribution < 1.29 is 14.3 Å². The van der Waals surface area contributed by atoms with Crippen LogP contribution in [0.1, 0.15) is 30.0 Å². The highest BCUT2D eigenvalue weighted by Gasteiger charge is 2.39. The van der Waals surface area contributed by atoms with Gasteiger partial charge in [0.05, 0.1) is 12.7 Å². The van der Waals surface area contributed by atoms with Gasteiger partial charge >= 0.3 is 0 Å². The van der Waals surface area contributed by atoms with E-state index in [1.807, 2.05) is 57.2 Å². The second kappa shape index (κ2) is 7.66. The Morgan fingerprint density at radius 3 is 2.48 bits per heavy atom. The van der Waals surface area contributed by atoms with E-state index in [1.165, 1.54) is 4.90 Å². The minimum absolute atomic E-state index is 0.251. The van der Waals surface area contributed by atoms with Crippen LogP contribution in [0.4, 0.5) is 5.69 Å². The smallest absolute Gasteiger partial charge is 0.278 e. The SMILES string of the molecule is CCCN1C(=O)C(Nc2cccc(OC)c2)=C(c2ccc(C)cc2C)C1=O. The molecule has 140 valence electrons. The zero-order valence-electron chi connectivity index (χ0n) is 16.1. The van der Waals surface area contributed by atoms with Gasteiger partial charge in [-0.1, -0.05) is 36.8 Å². The third kappa shape index (κ3) is 3.58. The summed E-state index contributed by atoms with van der Waals surface area (Å²) >= 11 is 0. The van der Waals surface area contributed by atoms with E-state index < -0.39 is 0 Å². The van der Waals surface area contributed by atoms with Crippen molar-refractivity contribution in [1.82, 2.24) is 4.90 Å². The lowest BCUT2D eigenvalue weighted by molar-refractivity contribution is -0.136. The lowest BCUT2D eigenvalue weighted by atomic mass is 9.97. The average Bonchev–Trinajstić information content (AvgIpc) is 2.87. The van der Waals surface area contributed by atoms with E-state index >= 15 is 0 Å². The van der Waals surface area contributed by atoms with Gasteiger partial charge in [0.25, 0.3) is 11.8 Å². The van der Waals surface area contributed by atoms with Gasteiger partial charge in [0.15, 0.2) is 0 Å². The lowest BCUT2D eigenvalue weighted by Crippen LogP contribution is -2.33. The number of carbonyl (C=O) groups excluding carboxylic acids is 2. The highest BCUT2D eigenvalue weighted by atomic mass is 16.5. The second-order valence-electron chi connectivity index (χ2n) is 6.69.